The average Bonchev–Trinajstić information content (AvgIpc) is 2.73. The number of phosphoric ester groups is 1. The highest BCUT2D eigenvalue weighted by molar-refractivity contribution is 7.48. The van der Waals surface area contributed by atoms with Crippen molar-refractivity contribution in [1.82, 2.24) is 5.32 Å². The molecule has 2 atom stereocenters. The number of quaternary nitrogens is 1. The number of benzene rings is 2. The fourth-order valence-electron chi connectivity index (χ4n) is 2.63. The van der Waals surface area contributed by atoms with Gasteiger partial charge < -0.3 is 19.4 Å². The fraction of sp³-hybridized carbons (Fsp3) is 0.364. The molecular weight excluding hydrogens is 435 g/mol. The maximum atomic E-state index is 12.6. The normalized spacial score (nSPS) is 14.2. The summed E-state index contributed by atoms with van der Waals surface area (Å²) in [5.41, 5.74) is 1.03. The van der Waals surface area contributed by atoms with E-state index in [4.69, 9.17) is 13.6 Å². The van der Waals surface area contributed by atoms with Gasteiger partial charge in [-0.25, -0.2) is 9.36 Å². The number of likely N-dealkylation sites (N-methyl/N-ethyl adjacent to an activating group) is 1. The van der Waals surface area contributed by atoms with Crippen LogP contribution in [0.4, 0.5) is 0 Å². The van der Waals surface area contributed by atoms with E-state index in [1.807, 2.05) is 27.2 Å². The van der Waals surface area contributed by atoms with Crippen molar-refractivity contribution in [3.63, 3.8) is 0 Å². The summed E-state index contributed by atoms with van der Waals surface area (Å²) in [4.78, 5) is 24.1. The standard InChI is InChI=1S/C22H29N2O7P/c1-24(2,3)14-15-30-32(28,29-4)31-19-12-10-18(11-13-19)21(25)23-20(22(26)27)16-17-8-6-5-7-9-17/h5-13,20H,14-16H2,1-4H3,(H-,23,25,26,27)/p+1. The predicted octanol–water partition coefficient (Wildman–Crippen LogP) is 2.97. The zero-order valence-electron chi connectivity index (χ0n) is 18.7. The van der Waals surface area contributed by atoms with E-state index >= 15 is 0 Å². The van der Waals surface area contributed by atoms with Crippen molar-refractivity contribution >= 4 is 19.7 Å². The largest absolute Gasteiger partial charge is 0.530 e. The lowest BCUT2D eigenvalue weighted by atomic mass is 10.1. The Hall–Kier alpha value is -2.71. The first-order valence-corrected chi connectivity index (χ1v) is 11.5. The first kappa shape index (κ1) is 25.5. The number of carbonyl (C=O) groups is 2. The highest BCUT2D eigenvalue weighted by Gasteiger charge is 2.28. The molecule has 1 amide bonds. The van der Waals surface area contributed by atoms with Gasteiger partial charge in [-0.15, -0.1) is 0 Å². The molecule has 0 spiro atoms. The lowest BCUT2D eigenvalue weighted by Gasteiger charge is -2.24. The van der Waals surface area contributed by atoms with Gasteiger partial charge in [-0.2, -0.15) is 0 Å². The number of carboxylic acid groups (broad SMARTS) is 1. The molecule has 0 bridgehead atoms. The highest BCUT2D eigenvalue weighted by atomic mass is 31.2. The van der Waals surface area contributed by atoms with E-state index < -0.39 is 25.7 Å². The molecule has 0 aliphatic carbocycles. The fourth-order valence-corrected chi connectivity index (χ4v) is 3.55. The SMILES string of the molecule is COP(=O)(OCC[N+](C)(C)C)Oc1ccc(C(=O)NC(Cc2ccccc2)C(=O)O)cc1. The van der Waals surface area contributed by atoms with Crippen LogP contribution >= 0.6 is 7.82 Å². The van der Waals surface area contributed by atoms with Crippen LogP contribution in [-0.2, 0) is 24.8 Å². The van der Waals surface area contributed by atoms with E-state index in [0.29, 0.717) is 11.0 Å². The lowest BCUT2D eigenvalue weighted by Crippen LogP contribution is -2.42. The second-order valence-corrected chi connectivity index (χ2v) is 9.85. The second kappa shape index (κ2) is 11.2. The number of carboxylic acids is 1. The molecule has 0 aliphatic heterocycles. The number of hydrogen-bond donors (Lipinski definition) is 2. The van der Waals surface area contributed by atoms with E-state index in [9.17, 15) is 19.3 Å². The molecule has 0 saturated heterocycles. The monoisotopic (exact) mass is 465 g/mol. The Bertz CT molecular complexity index is 943. The zero-order chi connectivity index (χ0) is 23.8. The summed E-state index contributed by atoms with van der Waals surface area (Å²) in [5, 5.41) is 12.0. The highest BCUT2D eigenvalue weighted by Crippen LogP contribution is 2.48. The van der Waals surface area contributed by atoms with Crippen LogP contribution in [0.2, 0.25) is 0 Å². The summed E-state index contributed by atoms with van der Waals surface area (Å²) in [7, 11) is 3.34. The number of nitrogens with one attached hydrogen (secondary N) is 1. The molecular formula is C22H30N2O7P+. The van der Waals surface area contributed by atoms with E-state index in [1.165, 1.54) is 31.4 Å². The van der Waals surface area contributed by atoms with Gasteiger partial charge in [-0.05, 0) is 29.8 Å². The molecule has 0 aromatic heterocycles. The number of nitrogens with zero attached hydrogens (tertiary/aromatic N) is 1. The maximum Gasteiger partial charge on any atom is 0.530 e. The zero-order valence-corrected chi connectivity index (χ0v) is 19.6. The Morgan fingerprint density at radius 3 is 2.22 bits per heavy atom. The maximum absolute atomic E-state index is 12.6. The number of carbonyl (C=O) groups excluding carboxylic acids is 1. The van der Waals surface area contributed by atoms with Gasteiger partial charge in [0.25, 0.3) is 5.91 Å². The molecule has 2 N–H and O–H groups in total. The minimum atomic E-state index is -3.81. The van der Waals surface area contributed by atoms with Gasteiger partial charge in [0.2, 0.25) is 0 Å². The Morgan fingerprint density at radius 1 is 1.06 bits per heavy atom. The first-order chi connectivity index (χ1) is 15.0. The Morgan fingerprint density at radius 2 is 1.69 bits per heavy atom. The Balaban J connectivity index is 1.99. The van der Waals surface area contributed by atoms with Crippen molar-refractivity contribution in [2.75, 3.05) is 41.4 Å². The third-order valence-corrected chi connectivity index (χ3v) is 5.84. The predicted molar refractivity (Wildman–Crippen MR) is 120 cm³/mol. The van der Waals surface area contributed by atoms with Crippen LogP contribution in [0.15, 0.2) is 54.6 Å². The van der Waals surface area contributed by atoms with E-state index in [2.05, 4.69) is 5.32 Å². The van der Waals surface area contributed by atoms with E-state index in [1.54, 1.807) is 24.3 Å². The van der Waals surface area contributed by atoms with Crippen molar-refractivity contribution in [3.05, 3.63) is 65.7 Å². The number of aliphatic carboxylic acids is 1. The number of amides is 1. The summed E-state index contributed by atoms with van der Waals surface area (Å²) in [6.07, 6.45) is 0.157. The quantitative estimate of drug-likeness (QED) is 0.366. The van der Waals surface area contributed by atoms with Crippen LogP contribution in [-0.4, -0.2) is 68.9 Å². The minimum Gasteiger partial charge on any atom is -0.480 e. The Kier molecular flexibility index (Phi) is 8.98. The molecule has 0 saturated carbocycles. The van der Waals surface area contributed by atoms with Gasteiger partial charge in [-0.3, -0.25) is 13.8 Å². The van der Waals surface area contributed by atoms with Crippen LogP contribution in [0, 0.1) is 0 Å². The molecule has 0 fully saturated rings. The number of hydrogen-bond acceptors (Lipinski definition) is 6. The molecule has 10 heteroatoms. The third kappa shape index (κ3) is 8.43. The topological polar surface area (TPSA) is 111 Å². The van der Waals surface area contributed by atoms with Crippen LogP contribution < -0.4 is 9.84 Å². The van der Waals surface area contributed by atoms with Crippen molar-refractivity contribution in [1.29, 1.82) is 0 Å². The van der Waals surface area contributed by atoms with Crippen LogP contribution in [0.25, 0.3) is 0 Å². The average molecular weight is 465 g/mol. The molecule has 174 valence electrons. The molecule has 0 aliphatic rings. The number of phosphoric acid groups is 1. The second-order valence-electron chi connectivity index (χ2n) is 8.15. The van der Waals surface area contributed by atoms with Crippen LogP contribution in [0.5, 0.6) is 5.75 Å². The van der Waals surface area contributed by atoms with Gasteiger partial charge in [0, 0.05) is 19.1 Å². The summed E-state index contributed by atoms with van der Waals surface area (Å²) >= 11 is 0. The summed E-state index contributed by atoms with van der Waals surface area (Å²) < 4.78 is 28.9. The van der Waals surface area contributed by atoms with E-state index in [0.717, 1.165) is 5.56 Å². The first-order valence-electron chi connectivity index (χ1n) is 9.99. The van der Waals surface area contributed by atoms with Crippen LogP contribution in [0.3, 0.4) is 0 Å². The van der Waals surface area contributed by atoms with E-state index in [-0.39, 0.29) is 24.3 Å². The molecule has 2 unspecified atom stereocenters. The van der Waals surface area contributed by atoms with Crippen molar-refractivity contribution in [2.45, 2.75) is 12.5 Å². The molecule has 0 radical (unpaired) electrons. The van der Waals surface area contributed by atoms with Gasteiger partial charge >= 0.3 is 13.8 Å². The molecule has 2 rings (SSSR count). The van der Waals surface area contributed by atoms with Gasteiger partial charge in [0.15, 0.2) is 0 Å². The molecule has 0 heterocycles. The molecule has 9 nitrogen and oxygen atoms in total. The molecule has 2 aromatic carbocycles. The third-order valence-electron chi connectivity index (χ3n) is 4.45. The lowest BCUT2D eigenvalue weighted by molar-refractivity contribution is -0.870. The summed E-state index contributed by atoms with van der Waals surface area (Å²) in [6.45, 7) is 0.774. The number of rotatable bonds is 12. The minimum absolute atomic E-state index is 0.157. The van der Waals surface area contributed by atoms with Crippen LogP contribution in [0.1, 0.15) is 15.9 Å². The smallest absolute Gasteiger partial charge is 0.480 e. The van der Waals surface area contributed by atoms with Crippen molar-refractivity contribution in [2.24, 2.45) is 0 Å². The summed E-state index contributed by atoms with van der Waals surface area (Å²) in [6, 6.07) is 13.7. The van der Waals surface area contributed by atoms with Gasteiger partial charge in [-0.1, -0.05) is 30.3 Å². The van der Waals surface area contributed by atoms with Crippen molar-refractivity contribution in [3.8, 4) is 5.75 Å². The molecule has 32 heavy (non-hydrogen) atoms. The Labute approximate surface area is 188 Å². The molecule has 2 aromatic rings. The van der Waals surface area contributed by atoms with Crippen molar-refractivity contribution < 1.29 is 37.3 Å². The van der Waals surface area contributed by atoms with Gasteiger partial charge in [0.05, 0.1) is 21.1 Å². The summed E-state index contributed by atoms with van der Waals surface area (Å²) in [5.74, 6) is -1.49. The van der Waals surface area contributed by atoms with Gasteiger partial charge in [0.1, 0.15) is 24.9 Å².